The topological polar surface area (TPSA) is 0 Å². The van der Waals surface area contributed by atoms with E-state index >= 15 is 0 Å². The molecule has 1 aliphatic carbocycles. The van der Waals surface area contributed by atoms with Gasteiger partial charge in [0.1, 0.15) is 0 Å². The molecule has 0 bridgehead atoms. The largest absolute Gasteiger partial charge is 0.0999 e. The summed E-state index contributed by atoms with van der Waals surface area (Å²) in [6.45, 7) is 12.4. The van der Waals surface area contributed by atoms with Crippen LogP contribution in [0.5, 0.6) is 0 Å². The zero-order valence-corrected chi connectivity index (χ0v) is 8.45. The first-order chi connectivity index (χ1) is 5.60. The first-order valence-corrected chi connectivity index (χ1v) is 4.93. The van der Waals surface area contributed by atoms with Crippen molar-refractivity contribution in [2.75, 3.05) is 0 Å². The van der Waals surface area contributed by atoms with Crippen molar-refractivity contribution in [1.29, 1.82) is 0 Å². The third kappa shape index (κ3) is 2.00. The lowest BCUT2D eigenvalue weighted by Gasteiger charge is -2.14. The lowest BCUT2D eigenvalue weighted by Crippen LogP contribution is -2.01. The minimum atomic E-state index is 0.526. The zero-order valence-electron chi connectivity index (χ0n) is 8.45. The van der Waals surface area contributed by atoms with E-state index in [-0.39, 0.29) is 0 Å². The van der Waals surface area contributed by atoms with Gasteiger partial charge in [-0.05, 0) is 44.4 Å². The molecule has 0 nitrogen and oxygen atoms in total. The van der Waals surface area contributed by atoms with Gasteiger partial charge >= 0.3 is 0 Å². The van der Waals surface area contributed by atoms with Crippen LogP contribution in [0.15, 0.2) is 24.3 Å². The molecule has 0 aliphatic heterocycles. The molecule has 0 aromatic heterocycles. The highest BCUT2D eigenvalue weighted by molar-refractivity contribution is 5.17. The molecule has 68 valence electrons. The number of hydrogen-bond acceptors (Lipinski definition) is 0. The second-order valence-electron chi connectivity index (χ2n) is 4.16. The molecule has 0 aromatic rings. The molecule has 0 heterocycles. The van der Waals surface area contributed by atoms with E-state index in [0.29, 0.717) is 5.41 Å². The molecule has 0 unspecified atom stereocenters. The standard InChI is InChI=1S/C12H20/c1-5-11(4)6-7-12(8-9-12)10(2)3/h2,4-9H2,1,3H3. The molecule has 1 rings (SSSR count). The average Bonchev–Trinajstić information content (AvgIpc) is 2.81. The third-order valence-electron chi connectivity index (χ3n) is 3.22. The van der Waals surface area contributed by atoms with Gasteiger partial charge in [-0.2, -0.15) is 0 Å². The normalized spacial score (nSPS) is 18.8. The van der Waals surface area contributed by atoms with Crippen molar-refractivity contribution in [3.05, 3.63) is 24.3 Å². The predicted octanol–water partition coefficient (Wildman–Crippen LogP) is 4.09. The minimum Gasteiger partial charge on any atom is -0.0999 e. The van der Waals surface area contributed by atoms with E-state index in [4.69, 9.17) is 0 Å². The van der Waals surface area contributed by atoms with Gasteiger partial charge in [0.15, 0.2) is 0 Å². The van der Waals surface area contributed by atoms with Crippen LogP contribution < -0.4 is 0 Å². The Morgan fingerprint density at radius 2 is 1.92 bits per heavy atom. The molecule has 0 saturated heterocycles. The average molecular weight is 164 g/mol. The monoisotopic (exact) mass is 164 g/mol. The van der Waals surface area contributed by atoms with Crippen LogP contribution in [0, 0.1) is 5.41 Å². The highest BCUT2D eigenvalue weighted by Gasteiger charge is 2.42. The van der Waals surface area contributed by atoms with Gasteiger partial charge in [0, 0.05) is 0 Å². The molecule has 0 atom stereocenters. The van der Waals surface area contributed by atoms with Crippen molar-refractivity contribution in [2.45, 2.75) is 46.0 Å². The first-order valence-electron chi connectivity index (χ1n) is 4.93. The summed E-state index contributed by atoms with van der Waals surface area (Å²) in [6.07, 6.45) is 6.34. The second-order valence-corrected chi connectivity index (χ2v) is 4.16. The summed E-state index contributed by atoms with van der Waals surface area (Å²) >= 11 is 0. The Kier molecular flexibility index (Phi) is 2.76. The fourth-order valence-electron chi connectivity index (χ4n) is 1.63. The van der Waals surface area contributed by atoms with E-state index in [0.717, 1.165) is 6.42 Å². The molecule has 1 saturated carbocycles. The summed E-state index contributed by atoms with van der Waals surface area (Å²) in [5.74, 6) is 0. The maximum atomic E-state index is 4.06. The van der Waals surface area contributed by atoms with E-state index in [1.165, 1.54) is 36.8 Å². The summed E-state index contributed by atoms with van der Waals surface area (Å²) in [6, 6.07) is 0. The van der Waals surface area contributed by atoms with E-state index in [9.17, 15) is 0 Å². The van der Waals surface area contributed by atoms with Gasteiger partial charge in [0.25, 0.3) is 0 Å². The molecule has 1 fully saturated rings. The lowest BCUT2D eigenvalue weighted by atomic mass is 9.91. The van der Waals surface area contributed by atoms with Gasteiger partial charge < -0.3 is 0 Å². The molecule has 0 aromatic carbocycles. The molecule has 0 heteroatoms. The van der Waals surface area contributed by atoms with Gasteiger partial charge in [0.05, 0.1) is 0 Å². The second kappa shape index (κ2) is 3.47. The van der Waals surface area contributed by atoms with Gasteiger partial charge in [-0.25, -0.2) is 0 Å². The molecular weight excluding hydrogens is 144 g/mol. The van der Waals surface area contributed by atoms with E-state index in [1.54, 1.807) is 0 Å². The molecule has 0 amide bonds. The third-order valence-corrected chi connectivity index (χ3v) is 3.22. The van der Waals surface area contributed by atoms with Crippen LogP contribution in [0.3, 0.4) is 0 Å². The van der Waals surface area contributed by atoms with Crippen molar-refractivity contribution < 1.29 is 0 Å². The van der Waals surface area contributed by atoms with Crippen LogP contribution in [0.4, 0.5) is 0 Å². The van der Waals surface area contributed by atoms with Gasteiger partial charge in [-0.3, -0.25) is 0 Å². The van der Waals surface area contributed by atoms with E-state index < -0.39 is 0 Å². The molecular formula is C12H20. The quantitative estimate of drug-likeness (QED) is 0.537. The predicted molar refractivity (Wildman–Crippen MR) is 55.1 cm³/mol. The maximum absolute atomic E-state index is 4.06. The van der Waals surface area contributed by atoms with Crippen molar-refractivity contribution in [1.82, 2.24) is 0 Å². The summed E-state index contributed by atoms with van der Waals surface area (Å²) in [5, 5.41) is 0. The van der Waals surface area contributed by atoms with Crippen molar-refractivity contribution >= 4 is 0 Å². The van der Waals surface area contributed by atoms with Crippen LogP contribution in [-0.4, -0.2) is 0 Å². The molecule has 0 N–H and O–H groups in total. The Hall–Kier alpha value is -0.520. The van der Waals surface area contributed by atoms with Crippen LogP contribution in [0.1, 0.15) is 46.0 Å². The minimum absolute atomic E-state index is 0.526. The zero-order chi connectivity index (χ0) is 9.19. The summed E-state index contributed by atoms with van der Waals surface area (Å²) in [5.41, 5.74) is 3.30. The molecule has 12 heavy (non-hydrogen) atoms. The Balaban J connectivity index is 2.32. The molecule has 0 radical (unpaired) electrons. The smallest absolute Gasteiger partial charge is 0.00898 e. The Labute approximate surface area is 76.4 Å². The van der Waals surface area contributed by atoms with Crippen LogP contribution in [0.25, 0.3) is 0 Å². The maximum Gasteiger partial charge on any atom is -0.00898 e. The van der Waals surface area contributed by atoms with Gasteiger partial charge in [-0.15, -0.1) is 0 Å². The molecule has 1 aliphatic rings. The van der Waals surface area contributed by atoms with Gasteiger partial charge in [-0.1, -0.05) is 31.2 Å². The van der Waals surface area contributed by atoms with Crippen molar-refractivity contribution in [3.8, 4) is 0 Å². The van der Waals surface area contributed by atoms with Crippen molar-refractivity contribution in [3.63, 3.8) is 0 Å². The summed E-state index contributed by atoms with van der Waals surface area (Å²) < 4.78 is 0. The Bertz CT molecular complexity index is 194. The number of hydrogen-bond donors (Lipinski definition) is 0. The number of rotatable bonds is 5. The van der Waals surface area contributed by atoms with Crippen LogP contribution >= 0.6 is 0 Å². The lowest BCUT2D eigenvalue weighted by molar-refractivity contribution is 0.545. The SMILES string of the molecule is C=C(CC)CCC1(C(=C)C)CC1. The number of allylic oxidation sites excluding steroid dienone is 2. The van der Waals surface area contributed by atoms with E-state index in [1.807, 2.05) is 0 Å². The van der Waals surface area contributed by atoms with Crippen LogP contribution in [-0.2, 0) is 0 Å². The molecule has 0 spiro atoms. The fourth-order valence-corrected chi connectivity index (χ4v) is 1.63. The highest BCUT2D eigenvalue weighted by Crippen LogP contribution is 2.55. The van der Waals surface area contributed by atoms with E-state index in [2.05, 4.69) is 27.0 Å². The first kappa shape index (κ1) is 9.57. The Morgan fingerprint density at radius 1 is 1.33 bits per heavy atom. The highest BCUT2D eigenvalue weighted by atomic mass is 14.5. The fraction of sp³-hybridized carbons (Fsp3) is 0.667. The van der Waals surface area contributed by atoms with Gasteiger partial charge in [0.2, 0.25) is 0 Å². The summed E-state index contributed by atoms with van der Waals surface area (Å²) in [7, 11) is 0. The summed E-state index contributed by atoms with van der Waals surface area (Å²) in [4.78, 5) is 0. The van der Waals surface area contributed by atoms with Crippen LogP contribution in [0.2, 0.25) is 0 Å². The Morgan fingerprint density at radius 3 is 2.25 bits per heavy atom. The van der Waals surface area contributed by atoms with Crippen molar-refractivity contribution in [2.24, 2.45) is 5.41 Å².